The summed E-state index contributed by atoms with van der Waals surface area (Å²) in [4.78, 5) is 23.6. The Morgan fingerprint density at radius 1 is 0.950 bits per heavy atom. The van der Waals surface area contributed by atoms with Crippen LogP contribution in [0.4, 0.5) is 0 Å². The Hall–Kier alpha value is -1.10. The van der Waals surface area contributed by atoms with E-state index in [9.17, 15) is 19.8 Å². The molecule has 0 aromatic heterocycles. The van der Waals surface area contributed by atoms with Crippen LogP contribution < -0.4 is 5.32 Å². The molecule has 114 valence electrons. The Morgan fingerprint density at radius 2 is 1.55 bits per heavy atom. The van der Waals surface area contributed by atoms with Gasteiger partial charge in [0.15, 0.2) is 0 Å². The number of carbonyl (C=O) groups excluding carboxylic acids is 1. The minimum atomic E-state index is -0.854. The third-order valence-corrected chi connectivity index (χ3v) is 4.89. The lowest BCUT2D eigenvalue weighted by atomic mass is 9.78. The van der Waals surface area contributed by atoms with Crippen LogP contribution in [0.15, 0.2) is 0 Å². The highest BCUT2D eigenvalue weighted by Gasteiger charge is 2.37. The number of rotatable bonds is 4. The van der Waals surface area contributed by atoms with Gasteiger partial charge < -0.3 is 15.5 Å². The Kier molecular flexibility index (Phi) is 5.40. The largest absolute Gasteiger partial charge is 0.481 e. The van der Waals surface area contributed by atoms with Gasteiger partial charge in [0.25, 0.3) is 0 Å². The molecule has 2 aliphatic carbocycles. The van der Waals surface area contributed by atoms with Crippen LogP contribution in [0.3, 0.4) is 0 Å². The molecule has 5 heteroatoms. The van der Waals surface area contributed by atoms with E-state index in [1.165, 1.54) is 0 Å². The highest BCUT2D eigenvalue weighted by molar-refractivity contribution is 5.85. The first-order chi connectivity index (χ1) is 9.63. The van der Waals surface area contributed by atoms with Crippen LogP contribution in [0.25, 0.3) is 0 Å². The van der Waals surface area contributed by atoms with Crippen molar-refractivity contribution in [3.63, 3.8) is 0 Å². The van der Waals surface area contributed by atoms with E-state index < -0.39 is 17.8 Å². The molecule has 2 saturated carbocycles. The zero-order valence-electron chi connectivity index (χ0n) is 11.9. The lowest BCUT2D eigenvalue weighted by Gasteiger charge is -2.34. The number of carboxylic acids is 1. The summed E-state index contributed by atoms with van der Waals surface area (Å²) in [5, 5.41) is 21.6. The summed E-state index contributed by atoms with van der Waals surface area (Å²) in [7, 11) is 0. The van der Waals surface area contributed by atoms with E-state index in [1.54, 1.807) is 0 Å². The lowest BCUT2D eigenvalue weighted by molar-refractivity contribution is -0.149. The molecule has 4 atom stereocenters. The molecule has 0 saturated heterocycles. The van der Waals surface area contributed by atoms with Crippen molar-refractivity contribution >= 4 is 11.9 Å². The molecular weight excluding hydrogens is 258 g/mol. The van der Waals surface area contributed by atoms with E-state index in [0.29, 0.717) is 12.8 Å². The first kappa shape index (κ1) is 15.3. The van der Waals surface area contributed by atoms with Gasteiger partial charge in [-0.1, -0.05) is 25.7 Å². The van der Waals surface area contributed by atoms with Crippen molar-refractivity contribution in [3.05, 3.63) is 0 Å². The molecule has 0 spiro atoms. The maximum absolute atomic E-state index is 12.4. The second-order valence-corrected chi connectivity index (χ2v) is 6.18. The number of hydrogen-bond donors (Lipinski definition) is 3. The van der Waals surface area contributed by atoms with E-state index >= 15 is 0 Å². The number of carboxylic acid groups (broad SMARTS) is 1. The molecule has 0 aliphatic heterocycles. The topological polar surface area (TPSA) is 86.6 Å². The number of hydrogen-bond acceptors (Lipinski definition) is 3. The molecular formula is C15H25NO4. The number of amides is 1. The molecule has 1 amide bonds. The van der Waals surface area contributed by atoms with E-state index in [0.717, 1.165) is 38.5 Å². The summed E-state index contributed by atoms with van der Waals surface area (Å²) < 4.78 is 0. The van der Waals surface area contributed by atoms with Gasteiger partial charge in [0.2, 0.25) is 5.91 Å². The van der Waals surface area contributed by atoms with Gasteiger partial charge in [0.1, 0.15) is 0 Å². The van der Waals surface area contributed by atoms with Gasteiger partial charge in [-0.2, -0.15) is 0 Å². The summed E-state index contributed by atoms with van der Waals surface area (Å²) in [6.07, 6.45) is 7.07. The second-order valence-electron chi connectivity index (χ2n) is 6.18. The van der Waals surface area contributed by atoms with Crippen molar-refractivity contribution in [3.8, 4) is 0 Å². The molecule has 4 unspecified atom stereocenters. The van der Waals surface area contributed by atoms with Gasteiger partial charge in [-0.15, -0.1) is 0 Å². The minimum Gasteiger partial charge on any atom is -0.481 e. The van der Waals surface area contributed by atoms with Crippen LogP contribution in [0.5, 0.6) is 0 Å². The molecule has 20 heavy (non-hydrogen) atoms. The first-order valence-corrected chi connectivity index (χ1v) is 7.77. The molecule has 3 N–H and O–H groups in total. The fourth-order valence-electron chi connectivity index (χ4n) is 3.65. The van der Waals surface area contributed by atoms with E-state index in [4.69, 9.17) is 0 Å². The van der Waals surface area contributed by atoms with Crippen molar-refractivity contribution in [1.82, 2.24) is 5.32 Å². The third kappa shape index (κ3) is 3.51. The van der Waals surface area contributed by atoms with Crippen molar-refractivity contribution in [2.75, 3.05) is 6.61 Å². The van der Waals surface area contributed by atoms with Crippen LogP contribution in [0.1, 0.15) is 51.4 Å². The summed E-state index contributed by atoms with van der Waals surface area (Å²) in [5.74, 6) is -1.79. The van der Waals surface area contributed by atoms with Gasteiger partial charge >= 0.3 is 5.97 Å². The average Bonchev–Trinajstić information content (AvgIpc) is 2.47. The Morgan fingerprint density at radius 3 is 2.20 bits per heavy atom. The van der Waals surface area contributed by atoms with Crippen LogP contribution in [0, 0.1) is 17.8 Å². The summed E-state index contributed by atoms with van der Waals surface area (Å²) >= 11 is 0. The zero-order valence-corrected chi connectivity index (χ0v) is 11.9. The van der Waals surface area contributed by atoms with Gasteiger partial charge in [-0.05, 0) is 25.7 Å². The second kappa shape index (κ2) is 7.07. The maximum Gasteiger partial charge on any atom is 0.307 e. The van der Waals surface area contributed by atoms with Gasteiger partial charge in [0.05, 0.1) is 11.8 Å². The molecule has 2 fully saturated rings. The van der Waals surface area contributed by atoms with Crippen molar-refractivity contribution < 1.29 is 19.8 Å². The van der Waals surface area contributed by atoms with Crippen molar-refractivity contribution in [2.45, 2.75) is 57.4 Å². The van der Waals surface area contributed by atoms with Gasteiger partial charge in [0, 0.05) is 18.6 Å². The van der Waals surface area contributed by atoms with E-state index in [-0.39, 0.29) is 24.5 Å². The number of aliphatic hydroxyl groups is 1. The number of carbonyl (C=O) groups is 2. The molecule has 2 aliphatic rings. The minimum absolute atomic E-state index is 0.0117. The maximum atomic E-state index is 12.4. The average molecular weight is 283 g/mol. The molecule has 2 rings (SSSR count). The SMILES string of the molecule is O=C(O)C1CCCCC1C(=O)NC1CCCCC1CO. The van der Waals surface area contributed by atoms with Crippen molar-refractivity contribution in [1.29, 1.82) is 0 Å². The first-order valence-electron chi connectivity index (χ1n) is 7.77. The van der Waals surface area contributed by atoms with Crippen LogP contribution >= 0.6 is 0 Å². The highest BCUT2D eigenvalue weighted by atomic mass is 16.4. The van der Waals surface area contributed by atoms with Crippen molar-refractivity contribution in [2.24, 2.45) is 17.8 Å². The number of nitrogens with one attached hydrogen (secondary N) is 1. The molecule has 0 aromatic rings. The van der Waals surface area contributed by atoms with Crippen LogP contribution in [-0.4, -0.2) is 34.7 Å². The normalized spacial score (nSPS) is 34.5. The summed E-state index contributed by atoms with van der Waals surface area (Å²) in [5.41, 5.74) is 0. The fourth-order valence-corrected chi connectivity index (χ4v) is 3.65. The monoisotopic (exact) mass is 283 g/mol. The Labute approximate surface area is 119 Å². The lowest BCUT2D eigenvalue weighted by Crippen LogP contribution is -2.48. The zero-order chi connectivity index (χ0) is 14.5. The molecule has 0 heterocycles. The Balaban J connectivity index is 1.96. The van der Waals surface area contributed by atoms with E-state index in [2.05, 4.69) is 5.32 Å². The third-order valence-electron chi connectivity index (χ3n) is 4.89. The van der Waals surface area contributed by atoms with Gasteiger partial charge in [-0.3, -0.25) is 9.59 Å². The summed E-state index contributed by atoms with van der Waals surface area (Å²) in [6, 6.07) is 0.0117. The van der Waals surface area contributed by atoms with Crippen LogP contribution in [-0.2, 0) is 9.59 Å². The predicted octanol–water partition coefficient (Wildman–Crippen LogP) is 1.54. The molecule has 0 aromatic carbocycles. The number of aliphatic carboxylic acids is 1. The fraction of sp³-hybridized carbons (Fsp3) is 0.867. The highest BCUT2D eigenvalue weighted by Crippen LogP contribution is 2.31. The number of aliphatic hydroxyl groups excluding tert-OH is 1. The Bertz CT molecular complexity index is 358. The smallest absolute Gasteiger partial charge is 0.307 e. The van der Waals surface area contributed by atoms with Crippen LogP contribution in [0.2, 0.25) is 0 Å². The van der Waals surface area contributed by atoms with Gasteiger partial charge in [-0.25, -0.2) is 0 Å². The standard InChI is InChI=1S/C15H25NO4/c17-9-10-5-1-4-8-13(10)16-14(18)11-6-2-3-7-12(11)15(19)20/h10-13,17H,1-9H2,(H,16,18)(H,19,20). The summed E-state index contributed by atoms with van der Waals surface area (Å²) in [6.45, 7) is 0.0952. The molecule has 0 radical (unpaired) electrons. The molecule has 5 nitrogen and oxygen atoms in total. The quantitative estimate of drug-likeness (QED) is 0.730. The van der Waals surface area contributed by atoms with E-state index in [1.807, 2.05) is 0 Å². The predicted molar refractivity (Wildman–Crippen MR) is 74.1 cm³/mol. The molecule has 0 bridgehead atoms.